The molecule has 1 rings (SSSR count). The maximum atomic E-state index is 5.87. The fraction of sp³-hybridized carbons (Fsp3) is 0.308. The zero-order valence-corrected chi connectivity index (χ0v) is 12.0. The zero-order valence-electron chi connectivity index (χ0n) is 10.4. The van der Waals surface area contributed by atoms with E-state index < -0.39 is 0 Å². The van der Waals surface area contributed by atoms with E-state index >= 15 is 0 Å². The number of nitrogens with two attached hydrogens (primary N) is 1. The Morgan fingerprint density at radius 1 is 1.29 bits per heavy atom. The normalized spacial score (nSPS) is 13.3. The van der Waals surface area contributed by atoms with Crippen LogP contribution in [0.3, 0.4) is 0 Å². The van der Waals surface area contributed by atoms with Crippen molar-refractivity contribution in [2.24, 2.45) is 10.8 Å². The number of hydrogen-bond acceptors (Lipinski definition) is 3. The Labute approximate surface area is 111 Å². The first kappa shape index (κ1) is 13.8. The van der Waals surface area contributed by atoms with Crippen molar-refractivity contribution in [3.05, 3.63) is 40.0 Å². The highest BCUT2D eigenvalue weighted by atomic mass is 79.9. The maximum absolute atomic E-state index is 5.87. The van der Waals surface area contributed by atoms with Gasteiger partial charge in [0.15, 0.2) is 0 Å². The van der Waals surface area contributed by atoms with Crippen LogP contribution >= 0.6 is 15.9 Å². The van der Waals surface area contributed by atoms with Crippen molar-refractivity contribution in [2.45, 2.75) is 27.2 Å². The summed E-state index contributed by atoms with van der Waals surface area (Å²) >= 11 is 3.39. The van der Waals surface area contributed by atoms with Crippen LogP contribution in [0.4, 0.5) is 5.69 Å². The molecule has 0 aliphatic heterocycles. The Kier molecular flexibility index (Phi) is 5.22. The molecule has 0 radical (unpaired) electrons. The second kappa shape index (κ2) is 6.45. The van der Waals surface area contributed by atoms with Crippen LogP contribution in [0.15, 0.2) is 45.1 Å². The summed E-state index contributed by atoms with van der Waals surface area (Å²) in [5.74, 6) is 0. The van der Waals surface area contributed by atoms with Crippen LogP contribution < -0.4 is 11.2 Å². The summed E-state index contributed by atoms with van der Waals surface area (Å²) in [7, 11) is 0. The molecule has 0 fully saturated rings. The van der Waals surface area contributed by atoms with E-state index in [1.165, 1.54) is 0 Å². The second-order valence-corrected chi connectivity index (χ2v) is 4.74. The van der Waals surface area contributed by atoms with Crippen LogP contribution in [0.1, 0.15) is 27.2 Å². The first-order chi connectivity index (χ1) is 8.04. The first-order valence-corrected chi connectivity index (χ1v) is 6.35. The minimum absolute atomic E-state index is 0.844. The molecule has 0 heterocycles. The Morgan fingerprint density at radius 3 is 2.41 bits per heavy atom. The molecule has 3 N–H and O–H groups in total. The number of allylic oxidation sites excluding steroid dienone is 2. The lowest BCUT2D eigenvalue weighted by Gasteiger charge is -2.06. The minimum atomic E-state index is 0.844. The Balaban J connectivity index is 2.74. The quantitative estimate of drug-likeness (QED) is 0.654. The van der Waals surface area contributed by atoms with Crippen molar-refractivity contribution in [2.75, 3.05) is 5.43 Å². The third-order valence-corrected chi connectivity index (χ3v) is 3.13. The minimum Gasteiger partial charge on any atom is -0.402 e. The van der Waals surface area contributed by atoms with E-state index in [0.29, 0.717) is 0 Å². The summed E-state index contributed by atoms with van der Waals surface area (Å²) < 4.78 is 1.05. The van der Waals surface area contributed by atoms with Crippen molar-refractivity contribution in [3.8, 4) is 0 Å². The molecule has 0 aliphatic rings. The van der Waals surface area contributed by atoms with E-state index in [0.717, 1.165) is 33.6 Å². The van der Waals surface area contributed by atoms with Gasteiger partial charge in [-0.2, -0.15) is 5.10 Å². The van der Waals surface area contributed by atoms with Gasteiger partial charge in [-0.25, -0.2) is 0 Å². The second-order valence-electron chi connectivity index (χ2n) is 3.82. The van der Waals surface area contributed by atoms with Gasteiger partial charge in [0, 0.05) is 10.2 Å². The molecule has 0 saturated heterocycles. The number of rotatable bonds is 4. The molecule has 92 valence electrons. The summed E-state index contributed by atoms with van der Waals surface area (Å²) in [4.78, 5) is 0. The fourth-order valence-electron chi connectivity index (χ4n) is 1.25. The van der Waals surface area contributed by atoms with E-state index in [1.807, 2.05) is 45.0 Å². The lowest BCUT2D eigenvalue weighted by atomic mass is 10.1. The Bertz CT molecular complexity index is 432. The van der Waals surface area contributed by atoms with Crippen molar-refractivity contribution >= 4 is 27.3 Å². The van der Waals surface area contributed by atoms with Gasteiger partial charge in [-0.3, -0.25) is 5.43 Å². The SMILES string of the molecule is CCC(N)=C(C)C(C)=NNc1ccc(Br)cc1. The van der Waals surface area contributed by atoms with Gasteiger partial charge in [-0.1, -0.05) is 22.9 Å². The van der Waals surface area contributed by atoms with Crippen molar-refractivity contribution in [1.82, 2.24) is 0 Å². The Hall–Kier alpha value is -1.29. The van der Waals surface area contributed by atoms with Gasteiger partial charge in [-0.05, 0) is 50.1 Å². The van der Waals surface area contributed by atoms with Gasteiger partial charge in [0.05, 0.1) is 11.4 Å². The predicted octanol–water partition coefficient (Wildman–Crippen LogP) is 3.88. The number of nitrogens with one attached hydrogen (secondary N) is 1. The van der Waals surface area contributed by atoms with E-state index in [9.17, 15) is 0 Å². The van der Waals surface area contributed by atoms with Crippen LogP contribution in [0.2, 0.25) is 0 Å². The lowest BCUT2D eigenvalue weighted by molar-refractivity contribution is 1.04. The van der Waals surface area contributed by atoms with Crippen LogP contribution in [-0.4, -0.2) is 5.71 Å². The molecule has 4 heteroatoms. The number of hydrazone groups is 1. The third kappa shape index (κ3) is 4.23. The summed E-state index contributed by atoms with van der Waals surface area (Å²) in [6, 6.07) is 7.86. The molecule has 17 heavy (non-hydrogen) atoms. The highest BCUT2D eigenvalue weighted by Gasteiger charge is 2.00. The van der Waals surface area contributed by atoms with Crippen molar-refractivity contribution in [3.63, 3.8) is 0 Å². The first-order valence-electron chi connectivity index (χ1n) is 5.56. The van der Waals surface area contributed by atoms with Crippen LogP contribution in [0, 0.1) is 0 Å². The van der Waals surface area contributed by atoms with Crippen LogP contribution in [0.25, 0.3) is 0 Å². The van der Waals surface area contributed by atoms with Gasteiger partial charge in [0.2, 0.25) is 0 Å². The molecule has 0 amide bonds. The topological polar surface area (TPSA) is 50.4 Å². The summed E-state index contributed by atoms with van der Waals surface area (Å²) in [5.41, 5.74) is 12.7. The van der Waals surface area contributed by atoms with Gasteiger partial charge in [-0.15, -0.1) is 0 Å². The van der Waals surface area contributed by atoms with Gasteiger partial charge in [0.25, 0.3) is 0 Å². The summed E-state index contributed by atoms with van der Waals surface area (Å²) in [6.07, 6.45) is 0.844. The molecule has 3 nitrogen and oxygen atoms in total. The molecule has 0 unspecified atom stereocenters. The summed E-state index contributed by atoms with van der Waals surface area (Å²) in [5, 5.41) is 4.31. The third-order valence-electron chi connectivity index (χ3n) is 2.60. The fourth-order valence-corrected chi connectivity index (χ4v) is 1.52. The molecule has 0 bridgehead atoms. The maximum Gasteiger partial charge on any atom is 0.0622 e. The average molecular weight is 296 g/mol. The van der Waals surface area contributed by atoms with E-state index in [-0.39, 0.29) is 0 Å². The highest BCUT2D eigenvalue weighted by molar-refractivity contribution is 9.10. The van der Waals surface area contributed by atoms with E-state index in [1.54, 1.807) is 0 Å². The van der Waals surface area contributed by atoms with E-state index in [2.05, 4.69) is 26.5 Å². The molecular formula is C13H18BrN3. The molecule has 0 saturated carbocycles. The molecule has 0 aromatic heterocycles. The van der Waals surface area contributed by atoms with Gasteiger partial charge in [0.1, 0.15) is 0 Å². The monoisotopic (exact) mass is 295 g/mol. The number of nitrogens with zero attached hydrogens (tertiary/aromatic N) is 1. The molecule has 0 aliphatic carbocycles. The van der Waals surface area contributed by atoms with Crippen LogP contribution in [-0.2, 0) is 0 Å². The van der Waals surface area contributed by atoms with Crippen molar-refractivity contribution in [1.29, 1.82) is 0 Å². The van der Waals surface area contributed by atoms with E-state index in [4.69, 9.17) is 5.73 Å². The summed E-state index contributed by atoms with van der Waals surface area (Å²) in [6.45, 7) is 5.97. The largest absolute Gasteiger partial charge is 0.402 e. The molecule has 0 spiro atoms. The van der Waals surface area contributed by atoms with Crippen LogP contribution in [0.5, 0.6) is 0 Å². The van der Waals surface area contributed by atoms with Gasteiger partial charge >= 0.3 is 0 Å². The van der Waals surface area contributed by atoms with Gasteiger partial charge < -0.3 is 5.73 Å². The molecule has 1 aromatic rings. The number of halogens is 1. The lowest BCUT2D eigenvalue weighted by Crippen LogP contribution is -2.07. The number of hydrogen-bond donors (Lipinski definition) is 2. The molecular weight excluding hydrogens is 278 g/mol. The smallest absolute Gasteiger partial charge is 0.0622 e. The molecule has 0 atom stereocenters. The highest BCUT2D eigenvalue weighted by Crippen LogP contribution is 2.14. The average Bonchev–Trinajstić information content (AvgIpc) is 2.35. The zero-order chi connectivity index (χ0) is 12.8. The molecule has 1 aromatic carbocycles. The predicted molar refractivity (Wildman–Crippen MR) is 78.1 cm³/mol. The van der Waals surface area contributed by atoms with Crippen molar-refractivity contribution < 1.29 is 0 Å². The standard InChI is InChI=1S/C13H18BrN3/c1-4-13(15)9(2)10(3)16-17-12-7-5-11(14)6-8-12/h5-8,17H,4,15H2,1-3H3. The number of anilines is 1. The Morgan fingerprint density at radius 2 is 1.88 bits per heavy atom. The number of benzene rings is 1.